The molecule has 4 aromatic rings. The highest BCUT2D eigenvalue weighted by Crippen LogP contribution is 2.22. The fraction of sp³-hybridized carbons (Fsp3) is 0.0455. The van der Waals surface area contributed by atoms with Gasteiger partial charge in [0, 0.05) is 23.5 Å². The molecule has 2 heterocycles. The molecule has 0 aliphatic rings. The van der Waals surface area contributed by atoms with Crippen LogP contribution in [-0.2, 0) is 6.54 Å². The maximum atomic E-state index is 4.68. The zero-order valence-electron chi connectivity index (χ0n) is 14.7. The molecule has 2 N–H and O–H groups in total. The molecule has 4 rings (SSSR count). The van der Waals surface area contributed by atoms with Gasteiger partial charge < -0.3 is 10.6 Å². The van der Waals surface area contributed by atoms with E-state index < -0.39 is 0 Å². The van der Waals surface area contributed by atoms with Crippen molar-refractivity contribution < 1.29 is 0 Å². The number of benzene rings is 2. The van der Waals surface area contributed by atoms with E-state index in [4.69, 9.17) is 0 Å². The molecule has 5 heteroatoms. The molecule has 2 aromatic heterocycles. The molecule has 0 atom stereocenters. The lowest BCUT2D eigenvalue weighted by Gasteiger charge is -2.11. The van der Waals surface area contributed by atoms with Gasteiger partial charge in [0.2, 0.25) is 0 Å². The van der Waals surface area contributed by atoms with Crippen molar-refractivity contribution in [3.63, 3.8) is 0 Å². The predicted molar refractivity (Wildman–Crippen MR) is 109 cm³/mol. The minimum absolute atomic E-state index is 0.594. The third kappa shape index (κ3) is 4.46. The Morgan fingerprint density at radius 3 is 2.15 bits per heavy atom. The van der Waals surface area contributed by atoms with Crippen molar-refractivity contribution in [1.82, 2.24) is 15.0 Å². The lowest BCUT2D eigenvalue weighted by atomic mass is 10.2. The van der Waals surface area contributed by atoms with Crippen molar-refractivity contribution in [3.05, 3.63) is 96.8 Å². The topological polar surface area (TPSA) is 62.7 Å². The maximum absolute atomic E-state index is 4.68. The van der Waals surface area contributed by atoms with Crippen molar-refractivity contribution in [2.24, 2.45) is 0 Å². The number of pyridine rings is 1. The number of anilines is 3. The lowest BCUT2D eigenvalue weighted by Crippen LogP contribution is -2.06. The molecule has 0 aliphatic carbocycles. The monoisotopic (exact) mass is 353 g/mol. The first-order valence-corrected chi connectivity index (χ1v) is 8.77. The Morgan fingerprint density at radius 2 is 1.41 bits per heavy atom. The molecule has 0 spiro atoms. The summed E-state index contributed by atoms with van der Waals surface area (Å²) >= 11 is 0. The SMILES string of the molecule is c1ccc(Nc2cc(NCc3ccccn3)nc(-c3ccccc3)n2)cc1. The van der Waals surface area contributed by atoms with E-state index >= 15 is 0 Å². The van der Waals surface area contributed by atoms with E-state index in [0.29, 0.717) is 12.4 Å². The number of hydrogen-bond acceptors (Lipinski definition) is 5. The Balaban J connectivity index is 1.63. The third-order valence-electron chi connectivity index (χ3n) is 3.98. The number of nitrogens with one attached hydrogen (secondary N) is 2. The summed E-state index contributed by atoms with van der Waals surface area (Å²) in [5, 5.41) is 6.69. The normalized spacial score (nSPS) is 10.4. The summed E-state index contributed by atoms with van der Waals surface area (Å²) in [6.07, 6.45) is 1.79. The molecule has 132 valence electrons. The Hall–Kier alpha value is -3.73. The van der Waals surface area contributed by atoms with Crippen LogP contribution in [0.3, 0.4) is 0 Å². The highest BCUT2D eigenvalue weighted by molar-refractivity contribution is 5.65. The van der Waals surface area contributed by atoms with E-state index in [1.165, 1.54) is 0 Å². The van der Waals surface area contributed by atoms with Crippen LogP contribution in [0.25, 0.3) is 11.4 Å². The Labute approximate surface area is 158 Å². The smallest absolute Gasteiger partial charge is 0.163 e. The highest BCUT2D eigenvalue weighted by atomic mass is 15.1. The molecule has 27 heavy (non-hydrogen) atoms. The lowest BCUT2D eigenvalue weighted by molar-refractivity contribution is 1.02. The molecule has 0 fully saturated rings. The molecular formula is C22H19N5. The Bertz CT molecular complexity index is 989. The van der Waals surface area contributed by atoms with Gasteiger partial charge in [-0.15, -0.1) is 0 Å². The van der Waals surface area contributed by atoms with E-state index in [9.17, 15) is 0 Å². The molecule has 0 radical (unpaired) electrons. The molecule has 0 unspecified atom stereocenters. The van der Waals surface area contributed by atoms with E-state index in [2.05, 4.69) is 25.6 Å². The van der Waals surface area contributed by atoms with Gasteiger partial charge in [-0.2, -0.15) is 0 Å². The number of nitrogens with zero attached hydrogens (tertiary/aromatic N) is 3. The van der Waals surface area contributed by atoms with Gasteiger partial charge in [-0.05, 0) is 24.3 Å². The number of hydrogen-bond donors (Lipinski definition) is 2. The summed E-state index contributed by atoms with van der Waals surface area (Å²) in [6.45, 7) is 0.594. The first kappa shape index (κ1) is 16.7. The summed E-state index contributed by atoms with van der Waals surface area (Å²) in [6, 6.07) is 27.7. The van der Waals surface area contributed by atoms with Gasteiger partial charge >= 0.3 is 0 Å². The first-order valence-electron chi connectivity index (χ1n) is 8.77. The van der Waals surface area contributed by atoms with Gasteiger partial charge in [0.15, 0.2) is 5.82 Å². The van der Waals surface area contributed by atoms with Gasteiger partial charge in [-0.25, -0.2) is 9.97 Å². The summed E-state index contributed by atoms with van der Waals surface area (Å²) in [7, 11) is 0. The van der Waals surface area contributed by atoms with Crippen LogP contribution < -0.4 is 10.6 Å². The van der Waals surface area contributed by atoms with Crippen LogP contribution in [0, 0.1) is 0 Å². The quantitative estimate of drug-likeness (QED) is 0.516. The molecule has 0 bridgehead atoms. The van der Waals surface area contributed by atoms with Crippen LogP contribution in [0.2, 0.25) is 0 Å². The standard InChI is InChI=1S/C22H19N5/c1-3-9-17(10-4-1)22-26-20(24-16-19-13-7-8-14-23-19)15-21(27-22)25-18-11-5-2-6-12-18/h1-15H,16H2,(H2,24,25,26,27). The largest absolute Gasteiger partial charge is 0.364 e. The summed E-state index contributed by atoms with van der Waals surface area (Å²) in [5.41, 5.74) is 2.90. The van der Waals surface area contributed by atoms with Crippen molar-refractivity contribution in [1.29, 1.82) is 0 Å². The molecule has 0 saturated heterocycles. The van der Waals surface area contributed by atoms with Gasteiger partial charge in [-0.1, -0.05) is 54.6 Å². The van der Waals surface area contributed by atoms with Crippen LogP contribution in [0.5, 0.6) is 0 Å². The van der Waals surface area contributed by atoms with Crippen molar-refractivity contribution >= 4 is 17.3 Å². The average Bonchev–Trinajstić information content (AvgIpc) is 2.74. The summed E-state index contributed by atoms with van der Waals surface area (Å²) in [4.78, 5) is 13.7. The van der Waals surface area contributed by atoms with Crippen molar-refractivity contribution in [2.45, 2.75) is 6.54 Å². The highest BCUT2D eigenvalue weighted by Gasteiger charge is 2.07. The molecule has 0 amide bonds. The molecule has 5 nitrogen and oxygen atoms in total. The second-order valence-corrected chi connectivity index (χ2v) is 5.99. The van der Waals surface area contributed by atoms with Crippen LogP contribution >= 0.6 is 0 Å². The molecular weight excluding hydrogens is 334 g/mol. The summed E-state index contributed by atoms with van der Waals surface area (Å²) < 4.78 is 0. The van der Waals surface area contributed by atoms with Crippen LogP contribution in [-0.4, -0.2) is 15.0 Å². The van der Waals surface area contributed by atoms with Gasteiger partial charge in [0.25, 0.3) is 0 Å². The summed E-state index contributed by atoms with van der Waals surface area (Å²) in [5.74, 6) is 2.14. The van der Waals surface area contributed by atoms with Gasteiger partial charge in [0.05, 0.1) is 12.2 Å². The minimum Gasteiger partial charge on any atom is -0.364 e. The minimum atomic E-state index is 0.594. The molecule has 2 aromatic carbocycles. The van der Waals surface area contributed by atoms with Gasteiger partial charge in [0.1, 0.15) is 11.6 Å². The maximum Gasteiger partial charge on any atom is 0.163 e. The second kappa shape index (κ2) is 8.10. The fourth-order valence-electron chi connectivity index (χ4n) is 2.67. The number of para-hydroxylation sites is 1. The zero-order valence-corrected chi connectivity index (χ0v) is 14.7. The average molecular weight is 353 g/mol. The van der Waals surface area contributed by atoms with Crippen molar-refractivity contribution in [2.75, 3.05) is 10.6 Å². The first-order chi connectivity index (χ1) is 13.4. The Kier molecular flexibility index (Phi) is 5.02. The van der Waals surface area contributed by atoms with Gasteiger partial charge in [-0.3, -0.25) is 4.98 Å². The Morgan fingerprint density at radius 1 is 0.704 bits per heavy atom. The van der Waals surface area contributed by atoms with Crippen LogP contribution in [0.4, 0.5) is 17.3 Å². The third-order valence-corrected chi connectivity index (χ3v) is 3.98. The molecule has 0 saturated carbocycles. The van der Waals surface area contributed by atoms with E-state index in [1.807, 2.05) is 84.9 Å². The zero-order chi connectivity index (χ0) is 18.3. The van der Waals surface area contributed by atoms with E-state index in [-0.39, 0.29) is 0 Å². The molecule has 0 aliphatic heterocycles. The van der Waals surface area contributed by atoms with Crippen LogP contribution in [0.15, 0.2) is 91.1 Å². The van der Waals surface area contributed by atoms with E-state index in [0.717, 1.165) is 28.6 Å². The van der Waals surface area contributed by atoms with Crippen molar-refractivity contribution in [3.8, 4) is 11.4 Å². The fourth-order valence-corrected chi connectivity index (χ4v) is 2.67. The second-order valence-electron chi connectivity index (χ2n) is 5.99. The number of aromatic nitrogens is 3. The predicted octanol–water partition coefficient (Wildman–Crippen LogP) is 4.89. The number of rotatable bonds is 6. The van der Waals surface area contributed by atoms with Crippen LogP contribution in [0.1, 0.15) is 5.69 Å². The van der Waals surface area contributed by atoms with E-state index in [1.54, 1.807) is 6.20 Å².